The zero-order chi connectivity index (χ0) is 19.0. The molecule has 2 heterocycles. The first-order chi connectivity index (χ1) is 13.0. The fourth-order valence-electron chi connectivity index (χ4n) is 4.36. The molecule has 6 nitrogen and oxygen atoms in total. The van der Waals surface area contributed by atoms with Gasteiger partial charge in [-0.25, -0.2) is 0 Å². The highest BCUT2D eigenvalue weighted by atomic mass is 16.3. The molecule has 1 saturated carbocycles. The Hall–Kier alpha value is -2.63. The topological polar surface area (TPSA) is 79.6 Å². The van der Waals surface area contributed by atoms with E-state index in [0.29, 0.717) is 5.76 Å². The maximum atomic E-state index is 12.8. The fraction of sp³-hybridized carbons (Fsp3) is 0.476. The number of nitrogens with zero attached hydrogens (tertiary/aromatic N) is 1. The van der Waals surface area contributed by atoms with Gasteiger partial charge in [0.1, 0.15) is 17.9 Å². The number of benzene rings is 1. The number of carbonyl (C=O) groups excluding carboxylic acids is 3. The van der Waals surface area contributed by atoms with Crippen molar-refractivity contribution in [3.8, 4) is 0 Å². The fourth-order valence-corrected chi connectivity index (χ4v) is 4.36. The maximum Gasteiger partial charge on any atom is 0.240 e. The van der Waals surface area contributed by atoms with Crippen LogP contribution in [0.15, 0.2) is 34.7 Å². The summed E-state index contributed by atoms with van der Waals surface area (Å²) >= 11 is 0. The van der Waals surface area contributed by atoms with Crippen LogP contribution in [-0.4, -0.2) is 29.2 Å². The zero-order valence-corrected chi connectivity index (χ0v) is 15.5. The number of furan rings is 1. The average Bonchev–Trinajstić information content (AvgIpc) is 3.18. The molecule has 1 atom stereocenters. The van der Waals surface area contributed by atoms with Crippen molar-refractivity contribution in [3.05, 3.63) is 36.1 Å². The predicted octanol–water partition coefficient (Wildman–Crippen LogP) is 3.32. The first-order valence-corrected chi connectivity index (χ1v) is 9.61. The summed E-state index contributed by atoms with van der Waals surface area (Å²) in [6.07, 6.45) is 4.82. The number of rotatable bonds is 4. The summed E-state index contributed by atoms with van der Waals surface area (Å²) in [6.45, 7) is 1.61. The molecule has 1 N–H and O–H groups in total. The minimum Gasteiger partial charge on any atom is -0.459 e. The number of likely N-dealkylation sites (tertiary alicyclic amines) is 1. The Kier molecular flexibility index (Phi) is 4.50. The van der Waals surface area contributed by atoms with Gasteiger partial charge in [0.25, 0.3) is 0 Å². The quantitative estimate of drug-likeness (QED) is 0.840. The molecular formula is C21H24N2O4. The van der Waals surface area contributed by atoms with Gasteiger partial charge < -0.3 is 9.73 Å². The normalized spacial score (nSPS) is 20.4. The standard InChI is InChI=1S/C21H24N2O4/c1-14(17-11-15-7-3-4-8-16(15)27-17)22-18(24)13-23-19(25)12-21(20(23)26)9-5-2-6-10-21/h3-4,7-8,11,14H,2,5-6,9-10,12-13H2,1H3,(H,22,24)/t14-/m1/s1. The Bertz CT molecular complexity index is 861. The Labute approximate surface area is 157 Å². The van der Waals surface area contributed by atoms with Crippen LogP contribution in [0, 0.1) is 5.41 Å². The van der Waals surface area contributed by atoms with Gasteiger partial charge in [0, 0.05) is 11.8 Å². The molecule has 3 amide bonds. The van der Waals surface area contributed by atoms with Crippen molar-refractivity contribution in [3.63, 3.8) is 0 Å². The van der Waals surface area contributed by atoms with Gasteiger partial charge in [0.2, 0.25) is 17.7 Å². The molecule has 4 rings (SSSR count). The van der Waals surface area contributed by atoms with Gasteiger partial charge in [-0.1, -0.05) is 37.5 Å². The summed E-state index contributed by atoms with van der Waals surface area (Å²) in [5, 5.41) is 3.81. The molecule has 1 aromatic heterocycles. The molecule has 0 radical (unpaired) electrons. The summed E-state index contributed by atoms with van der Waals surface area (Å²) in [7, 11) is 0. The average molecular weight is 368 g/mol. The number of hydrogen-bond donors (Lipinski definition) is 1. The van der Waals surface area contributed by atoms with Crippen molar-refractivity contribution in [1.29, 1.82) is 0 Å². The molecule has 6 heteroatoms. The number of fused-ring (bicyclic) bond motifs is 1. The van der Waals surface area contributed by atoms with E-state index in [4.69, 9.17) is 4.42 Å². The van der Waals surface area contributed by atoms with Crippen LogP contribution < -0.4 is 5.32 Å². The third-order valence-corrected chi connectivity index (χ3v) is 5.85. The summed E-state index contributed by atoms with van der Waals surface area (Å²) in [4.78, 5) is 38.8. The number of carbonyl (C=O) groups is 3. The highest BCUT2D eigenvalue weighted by Crippen LogP contribution is 2.45. The molecule has 1 spiro atoms. The number of amides is 3. The number of para-hydroxylation sites is 1. The van der Waals surface area contributed by atoms with Gasteiger partial charge in [0.05, 0.1) is 11.5 Å². The number of hydrogen-bond acceptors (Lipinski definition) is 4. The van der Waals surface area contributed by atoms with Crippen molar-refractivity contribution in [1.82, 2.24) is 10.2 Å². The van der Waals surface area contributed by atoms with Gasteiger partial charge in [-0.3, -0.25) is 19.3 Å². The molecule has 1 saturated heterocycles. The molecule has 2 aromatic rings. The smallest absolute Gasteiger partial charge is 0.240 e. The van der Waals surface area contributed by atoms with Crippen molar-refractivity contribution in [2.24, 2.45) is 5.41 Å². The number of nitrogens with one attached hydrogen (secondary N) is 1. The molecule has 27 heavy (non-hydrogen) atoms. The Morgan fingerprint density at radius 2 is 1.96 bits per heavy atom. The predicted molar refractivity (Wildman–Crippen MR) is 99.6 cm³/mol. The first-order valence-electron chi connectivity index (χ1n) is 9.61. The van der Waals surface area contributed by atoms with Gasteiger partial charge in [-0.2, -0.15) is 0 Å². The Morgan fingerprint density at radius 1 is 1.22 bits per heavy atom. The van der Waals surface area contributed by atoms with Gasteiger partial charge >= 0.3 is 0 Å². The Morgan fingerprint density at radius 3 is 2.70 bits per heavy atom. The summed E-state index contributed by atoms with van der Waals surface area (Å²) < 4.78 is 5.77. The Balaban J connectivity index is 1.41. The van der Waals surface area contributed by atoms with Crippen molar-refractivity contribution in [2.45, 2.75) is 51.5 Å². The summed E-state index contributed by atoms with van der Waals surface area (Å²) in [5.74, 6) is -0.0999. The van der Waals surface area contributed by atoms with Crippen LogP contribution in [0.4, 0.5) is 0 Å². The van der Waals surface area contributed by atoms with Crippen molar-refractivity contribution in [2.75, 3.05) is 6.54 Å². The maximum absolute atomic E-state index is 12.8. The number of imide groups is 1. The molecule has 1 aromatic carbocycles. The van der Waals surface area contributed by atoms with E-state index in [1.807, 2.05) is 37.3 Å². The van der Waals surface area contributed by atoms with Crippen LogP contribution in [0.1, 0.15) is 57.3 Å². The zero-order valence-electron chi connectivity index (χ0n) is 15.5. The monoisotopic (exact) mass is 368 g/mol. The lowest BCUT2D eigenvalue weighted by Crippen LogP contribution is -2.43. The van der Waals surface area contributed by atoms with Crippen LogP contribution in [0.2, 0.25) is 0 Å². The van der Waals surface area contributed by atoms with E-state index in [1.54, 1.807) is 0 Å². The van der Waals surface area contributed by atoms with Crippen molar-refractivity contribution < 1.29 is 18.8 Å². The molecule has 0 bridgehead atoms. The van der Waals surface area contributed by atoms with Gasteiger partial charge in [-0.05, 0) is 31.9 Å². The minimum atomic E-state index is -0.556. The minimum absolute atomic E-state index is 0.168. The lowest BCUT2D eigenvalue weighted by Gasteiger charge is -2.30. The van der Waals surface area contributed by atoms with Crippen LogP contribution in [0.25, 0.3) is 11.0 Å². The largest absolute Gasteiger partial charge is 0.459 e. The SMILES string of the molecule is C[C@@H](NC(=O)CN1C(=O)CC2(CCCCC2)C1=O)c1cc2ccccc2o1. The lowest BCUT2D eigenvalue weighted by molar-refractivity contribution is -0.145. The third kappa shape index (κ3) is 3.24. The molecular weight excluding hydrogens is 344 g/mol. The van der Waals surface area contributed by atoms with Crippen LogP contribution in [0.3, 0.4) is 0 Å². The molecule has 1 aliphatic carbocycles. The molecule has 2 aliphatic rings. The van der Waals surface area contributed by atoms with Crippen LogP contribution in [0.5, 0.6) is 0 Å². The second kappa shape index (κ2) is 6.83. The van der Waals surface area contributed by atoms with E-state index in [2.05, 4.69) is 5.32 Å². The van der Waals surface area contributed by atoms with E-state index in [1.165, 1.54) is 0 Å². The van der Waals surface area contributed by atoms with Crippen molar-refractivity contribution >= 4 is 28.7 Å². The van der Waals surface area contributed by atoms with E-state index < -0.39 is 5.41 Å². The third-order valence-electron chi connectivity index (χ3n) is 5.85. The van der Waals surface area contributed by atoms with E-state index in [9.17, 15) is 14.4 Å². The summed E-state index contributed by atoms with van der Waals surface area (Å²) in [5.41, 5.74) is 0.206. The van der Waals surface area contributed by atoms with E-state index in [0.717, 1.165) is 48.0 Å². The van der Waals surface area contributed by atoms with Crippen LogP contribution >= 0.6 is 0 Å². The van der Waals surface area contributed by atoms with Gasteiger partial charge in [0.15, 0.2) is 0 Å². The molecule has 142 valence electrons. The highest BCUT2D eigenvalue weighted by Gasteiger charge is 2.51. The van der Waals surface area contributed by atoms with E-state index >= 15 is 0 Å². The lowest BCUT2D eigenvalue weighted by atomic mass is 9.73. The first kappa shape index (κ1) is 17.8. The van der Waals surface area contributed by atoms with Crippen LogP contribution in [-0.2, 0) is 14.4 Å². The second-order valence-corrected chi connectivity index (χ2v) is 7.78. The summed E-state index contributed by atoms with van der Waals surface area (Å²) in [6, 6.07) is 9.19. The van der Waals surface area contributed by atoms with Gasteiger partial charge in [-0.15, -0.1) is 0 Å². The molecule has 1 aliphatic heterocycles. The second-order valence-electron chi connectivity index (χ2n) is 7.78. The molecule has 2 fully saturated rings. The van der Waals surface area contributed by atoms with E-state index in [-0.39, 0.29) is 36.7 Å². The highest BCUT2D eigenvalue weighted by molar-refractivity contribution is 6.08. The molecule has 0 unspecified atom stereocenters.